The van der Waals surface area contributed by atoms with E-state index in [9.17, 15) is 28.4 Å². The maximum atomic E-state index is 15.0. The molecule has 4 N–H and O–H groups in total. The molecule has 2 aliphatic heterocycles. The average Bonchev–Trinajstić information content (AvgIpc) is 4.13. The van der Waals surface area contributed by atoms with Gasteiger partial charge in [0.15, 0.2) is 0 Å². The fourth-order valence-corrected chi connectivity index (χ4v) is 10.5. The summed E-state index contributed by atoms with van der Waals surface area (Å²) < 4.78 is 20.3. The summed E-state index contributed by atoms with van der Waals surface area (Å²) in [7, 11) is 5.14. The number of nitrogens with one attached hydrogen (secondary N) is 3. The van der Waals surface area contributed by atoms with E-state index < -0.39 is 16.5 Å². The van der Waals surface area contributed by atoms with E-state index in [0.717, 1.165) is 41.2 Å². The molecule has 0 radical (unpaired) electrons. The number of pyridine rings is 1. The highest BCUT2D eigenvalue weighted by Crippen LogP contribution is 2.47. The SMILES string of the molecule is CN1CC/C(=N\NC(=O)CC(C)(C)SSCCC(=O)N2CCN(c3ccc(C(=O)NCc4ccc(NC(=O)C5CC5c5cccnc5)cc4F)cc3)CC2)c2ccc(OCCCC(=O)O)cc21. The predicted octanol–water partition coefficient (Wildman–Crippen LogP) is 7.09. The van der Waals surface area contributed by atoms with Gasteiger partial charge in [0, 0.05) is 141 Å². The Kier molecular flexibility index (Phi) is 16.4. The van der Waals surface area contributed by atoms with Crippen molar-refractivity contribution >= 4 is 74.0 Å². The highest BCUT2D eigenvalue weighted by Gasteiger charge is 2.44. The van der Waals surface area contributed by atoms with Gasteiger partial charge < -0.3 is 35.2 Å². The van der Waals surface area contributed by atoms with Gasteiger partial charge in [0.25, 0.3) is 5.91 Å². The van der Waals surface area contributed by atoms with Crippen molar-refractivity contribution in [2.24, 2.45) is 11.0 Å². The van der Waals surface area contributed by atoms with Crippen LogP contribution in [0, 0.1) is 11.7 Å². The number of nitrogens with zero attached hydrogens (tertiary/aromatic N) is 5. The first-order valence-electron chi connectivity index (χ1n) is 22.5. The molecule has 4 aromatic rings. The number of ether oxygens (including phenoxy) is 1. The van der Waals surface area contributed by atoms with Crippen LogP contribution in [0.5, 0.6) is 5.75 Å². The van der Waals surface area contributed by atoms with Gasteiger partial charge in [-0.1, -0.05) is 33.7 Å². The second-order valence-corrected chi connectivity index (χ2v) is 20.6. The molecule has 3 heterocycles. The predicted molar refractivity (Wildman–Crippen MR) is 261 cm³/mol. The van der Waals surface area contributed by atoms with Crippen LogP contribution >= 0.6 is 21.6 Å². The molecule has 1 saturated carbocycles. The molecular weight excluding hydrogens is 896 g/mol. The summed E-state index contributed by atoms with van der Waals surface area (Å²) in [6.45, 7) is 7.49. The number of halogens is 1. The van der Waals surface area contributed by atoms with Crippen LogP contribution in [0.1, 0.15) is 85.3 Å². The van der Waals surface area contributed by atoms with Gasteiger partial charge in [0.2, 0.25) is 17.7 Å². The van der Waals surface area contributed by atoms with Gasteiger partial charge >= 0.3 is 5.97 Å². The lowest BCUT2D eigenvalue weighted by atomic mass is 10.00. The van der Waals surface area contributed by atoms with Crippen LogP contribution in [-0.4, -0.2) is 107 Å². The third kappa shape index (κ3) is 13.7. The number of carbonyl (C=O) groups is 5. The number of rotatable bonds is 20. The van der Waals surface area contributed by atoms with Crippen LogP contribution in [0.15, 0.2) is 90.3 Å². The topological polar surface area (TPSA) is 186 Å². The number of amides is 4. The Morgan fingerprint density at radius 3 is 2.49 bits per heavy atom. The monoisotopic (exact) mass is 952 g/mol. The number of anilines is 3. The number of piperazine rings is 1. The van der Waals surface area contributed by atoms with Crippen molar-refractivity contribution in [1.82, 2.24) is 20.6 Å². The zero-order chi connectivity index (χ0) is 47.5. The minimum Gasteiger partial charge on any atom is -0.494 e. The summed E-state index contributed by atoms with van der Waals surface area (Å²) in [6.07, 6.45) is 5.95. The van der Waals surface area contributed by atoms with E-state index in [2.05, 4.69) is 35.9 Å². The minimum atomic E-state index is -0.852. The molecule has 0 bridgehead atoms. The first-order valence-corrected chi connectivity index (χ1v) is 24.8. The number of carboxylic acid groups (broad SMARTS) is 1. The third-order valence-electron chi connectivity index (χ3n) is 11.9. The molecule has 1 aliphatic carbocycles. The van der Waals surface area contributed by atoms with E-state index in [1.165, 1.54) is 6.07 Å². The fourth-order valence-electron chi connectivity index (χ4n) is 8.06. The molecular formula is C49H57FN8O7S2. The van der Waals surface area contributed by atoms with Crippen molar-refractivity contribution in [3.05, 3.63) is 113 Å². The Morgan fingerprint density at radius 2 is 1.76 bits per heavy atom. The molecule has 15 nitrogen and oxygen atoms in total. The lowest BCUT2D eigenvalue weighted by molar-refractivity contribution is -0.137. The smallest absolute Gasteiger partial charge is 0.303 e. The summed E-state index contributed by atoms with van der Waals surface area (Å²) in [5, 5.41) is 18.9. The lowest BCUT2D eigenvalue weighted by Gasteiger charge is -2.36. The quantitative estimate of drug-likeness (QED) is 0.0402. The number of fused-ring (bicyclic) bond motifs is 1. The Morgan fingerprint density at radius 1 is 0.970 bits per heavy atom. The zero-order valence-corrected chi connectivity index (χ0v) is 39.6. The zero-order valence-electron chi connectivity index (χ0n) is 38.0. The van der Waals surface area contributed by atoms with Crippen molar-refractivity contribution in [2.75, 3.05) is 67.2 Å². The Balaban J connectivity index is 0.774. The third-order valence-corrected chi connectivity index (χ3v) is 15.2. The molecule has 1 aromatic heterocycles. The molecule has 3 aliphatic rings. The molecule has 2 atom stereocenters. The van der Waals surface area contributed by atoms with Crippen molar-refractivity contribution in [3.63, 3.8) is 0 Å². The van der Waals surface area contributed by atoms with Crippen LogP contribution in [0.25, 0.3) is 0 Å². The number of hydrazone groups is 1. The van der Waals surface area contributed by atoms with Crippen LogP contribution in [-0.2, 0) is 25.7 Å². The number of carboxylic acids is 1. The van der Waals surface area contributed by atoms with E-state index in [1.807, 2.05) is 68.3 Å². The molecule has 4 amide bonds. The molecule has 2 unspecified atom stereocenters. The van der Waals surface area contributed by atoms with Gasteiger partial charge in [-0.2, -0.15) is 5.10 Å². The van der Waals surface area contributed by atoms with E-state index in [-0.39, 0.29) is 54.9 Å². The van der Waals surface area contributed by atoms with E-state index >= 15 is 0 Å². The Hall–Kier alpha value is -6.14. The van der Waals surface area contributed by atoms with Gasteiger partial charge in [-0.25, -0.2) is 9.82 Å². The standard InChI is InChI=1S/C49H57FN8O7S2/c1-49(2,29-44(59)55-54-42-16-19-56(3)43-27-37(14-15-38(42)43)65-24-5-7-46(61)62)67-66-25-17-45(60)58-22-20-57(21-23-58)36-12-9-32(10-13-36)47(63)52-31-34-8-11-35(26-41(34)50)53-48(64)40-28-39(40)33-6-4-18-51-30-33/h4,6,8-15,18,26-27,30,39-40H,5,7,16-17,19-25,28-29,31H2,1-3H3,(H,52,63)(H,53,64)(H,55,59)(H,61,62)/b54-42+. The summed E-state index contributed by atoms with van der Waals surface area (Å²) in [4.78, 5) is 72.9. The number of aromatic nitrogens is 1. The first-order chi connectivity index (χ1) is 32.2. The second-order valence-electron chi connectivity index (χ2n) is 17.5. The minimum absolute atomic E-state index is 0.0129. The summed E-state index contributed by atoms with van der Waals surface area (Å²) in [6, 6.07) is 21.2. The maximum Gasteiger partial charge on any atom is 0.303 e. The van der Waals surface area contributed by atoms with Crippen LogP contribution in [0.3, 0.4) is 0 Å². The van der Waals surface area contributed by atoms with Gasteiger partial charge in [-0.3, -0.25) is 29.0 Å². The molecule has 1 saturated heterocycles. The molecule has 67 heavy (non-hydrogen) atoms. The summed E-state index contributed by atoms with van der Waals surface area (Å²) >= 11 is 0. The summed E-state index contributed by atoms with van der Waals surface area (Å²) in [5.74, 6) is -0.760. The highest BCUT2D eigenvalue weighted by atomic mass is 33.1. The van der Waals surface area contributed by atoms with Crippen molar-refractivity contribution in [2.45, 2.75) is 69.6 Å². The van der Waals surface area contributed by atoms with Crippen molar-refractivity contribution in [1.29, 1.82) is 0 Å². The summed E-state index contributed by atoms with van der Waals surface area (Å²) in [5.41, 5.74) is 8.43. The van der Waals surface area contributed by atoms with E-state index in [4.69, 9.17) is 9.84 Å². The van der Waals surface area contributed by atoms with Crippen LogP contribution in [0.4, 0.5) is 21.5 Å². The second kappa shape index (κ2) is 22.6. The van der Waals surface area contributed by atoms with Crippen molar-refractivity contribution in [3.8, 4) is 5.75 Å². The van der Waals surface area contributed by atoms with Crippen LogP contribution in [0.2, 0.25) is 0 Å². The maximum absolute atomic E-state index is 15.0. The number of carbonyl (C=O) groups excluding carboxylic acids is 4. The largest absolute Gasteiger partial charge is 0.494 e. The molecule has 354 valence electrons. The normalized spacial score (nSPS) is 17.4. The number of aliphatic carboxylic acids is 1. The fraction of sp³-hybridized carbons (Fsp3) is 0.408. The average molecular weight is 953 g/mol. The highest BCUT2D eigenvalue weighted by molar-refractivity contribution is 8.77. The molecule has 7 rings (SSSR count). The van der Waals surface area contributed by atoms with Gasteiger partial charge in [0.05, 0.1) is 12.3 Å². The molecule has 2 fully saturated rings. The molecule has 0 spiro atoms. The van der Waals surface area contributed by atoms with Crippen molar-refractivity contribution < 1.29 is 38.2 Å². The van der Waals surface area contributed by atoms with E-state index in [0.29, 0.717) is 80.4 Å². The molecule has 3 aromatic carbocycles. The number of benzene rings is 3. The number of hydrogen-bond donors (Lipinski definition) is 4. The van der Waals surface area contributed by atoms with Gasteiger partial charge in [-0.05, 0) is 92.8 Å². The van der Waals surface area contributed by atoms with Crippen LogP contribution < -0.4 is 30.6 Å². The first kappa shape index (κ1) is 48.8. The lowest BCUT2D eigenvalue weighted by Crippen LogP contribution is -2.48. The Labute approximate surface area is 398 Å². The van der Waals surface area contributed by atoms with Gasteiger partial charge in [-0.15, -0.1) is 0 Å². The van der Waals surface area contributed by atoms with Gasteiger partial charge in [0.1, 0.15) is 11.6 Å². The molecule has 18 heteroatoms. The number of hydrogen-bond acceptors (Lipinski definition) is 12. The van der Waals surface area contributed by atoms with E-state index in [1.54, 1.807) is 58.2 Å². The Bertz CT molecular complexity index is 2450.